The molecule has 1 N–H and O–H groups in total. The second-order valence-corrected chi connectivity index (χ2v) is 4.68. The van der Waals surface area contributed by atoms with Gasteiger partial charge in [-0.15, -0.1) is 0 Å². The normalized spacial score (nSPS) is 13.4. The number of anilines is 1. The van der Waals surface area contributed by atoms with E-state index in [1.165, 1.54) is 0 Å². The standard InChI is InChI=1S/C13H14ClN3O2/c1-17-9(2-3-16-17)8-15-11-7-13-12(6-10(11)14)18-4-5-19-13/h2-3,6-7,15H,4-5,8H2,1H3. The maximum absolute atomic E-state index is 6.22. The van der Waals surface area contributed by atoms with Crippen molar-refractivity contribution in [3.8, 4) is 11.5 Å². The Labute approximate surface area is 116 Å². The number of ether oxygens (including phenoxy) is 2. The Morgan fingerprint density at radius 1 is 1.32 bits per heavy atom. The van der Waals surface area contributed by atoms with Crippen molar-refractivity contribution >= 4 is 17.3 Å². The highest BCUT2D eigenvalue weighted by Crippen LogP contribution is 2.38. The summed E-state index contributed by atoms with van der Waals surface area (Å²) in [6, 6.07) is 5.60. The van der Waals surface area contributed by atoms with Gasteiger partial charge >= 0.3 is 0 Å². The molecule has 0 atom stereocenters. The molecule has 0 fully saturated rings. The van der Waals surface area contributed by atoms with Gasteiger partial charge in [-0.25, -0.2) is 0 Å². The fraction of sp³-hybridized carbons (Fsp3) is 0.308. The topological polar surface area (TPSA) is 48.3 Å². The molecular weight excluding hydrogens is 266 g/mol. The predicted molar refractivity (Wildman–Crippen MR) is 73.0 cm³/mol. The fourth-order valence-corrected chi connectivity index (χ4v) is 2.18. The smallest absolute Gasteiger partial charge is 0.163 e. The van der Waals surface area contributed by atoms with Crippen LogP contribution in [0.25, 0.3) is 0 Å². The van der Waals surface area contributed by atoms with Crippen molar-refractivity contribution in [3.05, 3.63) is 35.1 Å². The number of halogens is 1. The number of hydrogen-bond donors (Lipinski definition) is 1. The average Bonchev–Trinajstić information content (AvgIpc) is 2.82. The summed E-state index contributed by atoms with van der Waals surface area (Å²) in [6.07, 6.45) is 1.77. The van der Waals surface area contributed by atoms with Crippen LogP contribution < -0.4 is 14.8 Å². The van der Waals surface area contributed by atoms with Gasteiger partial charge in [-0.05, 0) is 6.07 Å². The zero-order valence-corrected chi connectivity index (χ0v) is 11.3. The maximum Gasteiger partial charge on any atom is 0.163 e. The molecule has 1 aliphatic rings. The van der Waals surface area contributed by atoms with Crippen LogP contribution in [0, 0.1) is 0 Å². The summed E-state index contributed by atoms with van der Waals surface area (Å²) in [5, 5.41) is 8.02. The van der Waals surface area contributed by atoms with Gasteiger partial charge in [-0.3, -0.25) is 4.68 Å². The number of fused-ring (bicyclic) bond motifs is 1. The van der Waals surface area contributed by atoms with Crippen LogP contribution in [-0.4, -0.2) is 23.0 Å². The lowest BCUT2D eigenvalue weighted by molar-refractivity contribution is 0.171. The molecule has 19 heavy (non-hydrogen) atoms. The molecule has 2 heterocycles. The number of aryl methyl sites for hydroxylation is 1. The molecule has 1 aromatic heterocycles. The minimum atomic E-state index is 0.561. The first-order valence-corrected chi connectivity index (χ1v) is 6.42. The van der Waals surface area contributed by atoms with Crippen LogP contribution in [0.1, 0.15) is 5.69 Å². The number of hydrogen-bond acceptors (Lipinski definition) is 4. The molecule has 5 nitrogen and oxygen atoms in total. The lowest BCUT2D eigenvalue weighted by Gasteiger charge is -2.20. The summed E-state index contributed by atoms with van der Waals surface area (Å²) in [7, 11) is 1.91. The molecule has 0 saturated heterocycles. The molecular formula is C13H14ClN3O2. The van der Waals surface area contributed by atoms with E-state index in [1.54, 1.807) is 12.3 Å². The number of benzene rings is 1. The molecule has 3 rings (SSSR count). The molecule has 0 bridgehead atoms. The van der Waals surface area contributed by atoms with E-state index in [2.05, 4.69) is 10.4 Å². The van der Waals surface area contributed by atoms with Crippen molar-refractivity contribution in [2.45, 2.75) is 6.54 Å². The molecule has 100 valence electrons. The van der Waals surface area contributed by atoms with Gasteiger partial charge in [-0.1, -0.05) is 11.6 Å². The Morgan fingerprint density at radius 3 is 2.74 bits per heavy atom. The van der Waals surface area contributed by atoms with Crippen LogP contribution in [0.2, 0.25) is 5.02 Å². The molecule has 0 aliphatic carbocycles. The third kappa shape index (κ3) is 2.46. The minimum absolute atomic E-state index is 0.561. The summed E-state index contributed by atoms with van der Waals surface area (Å²) >= 11 is 6.22. The number of rotatable bonds is 3. The molecule has 0 radical (unpaired) electrons. The van der Waals surface area contributed by atoms with E-state index >= 15 is 0 Å². The van der Waals surface area contributed by atoms with Gasteiger partial charge in [0.25, 0.3) is 0 Å². The summed E-state index contributed by atoms with van der Waals surface area (Å²) < 4.78 is 12.8. The fourth-order valence-electron chi connectivity index (χ4n) is 1.96. The van der Waals surface area contributed by atoms with Gasteiger partial charge in [0.15, 0.2) is 11.5 Å². The van der Waals surface area contributed by atoms with Gasteiger partial charge in [0, 0.05) is 25.4 Å². The zero-order chi connectivity index (χ0) is 13.2. The van der Waals surface area contributed by atoms with E-state index < -0.39 is 0 Å². The molecule has 0 amide bonds. The molecule has 1 aliphatic heterocycles. The maximum atomic E-state index is 6.22. The molecule has 1 aromatic carbocycles. The van der Waals surface area contributed by atoms with Crippen LogP contribution in [0.15, 0.2) is 24.4 Å². The minimum Gasteiger partial charge on any atom is -0.486 e. The Hall–Kier alpha value is -1.88. The second kappa shape index (κ2) is 5.01. The van der Waals surface area contributed by atoms with Gasteiger partial charge in [0.05, 0.1) is 22.9 Å². The van der Waals surface area contributed by atoms with Crippen molar-refractivity contribution in [2.24, 2.45) is 7.05 Å². The van der Waals surface area contributed by atoms with Crippen LogP contribution in [-0.2, 0) is 13.6 Å². The van der Waals surface area contributed by atoms with Gasteiger partial charge in [-0.2, -0.15) is 5.10 Å². The Kier molecular flexibility index (Phi) is 3.21. The largest absolute Gasteiger partial charge is 0.486 e. The quantitative estimate of drug-likeness (QED) is 0.938. The Balaban J connectivity index is 1.79. The van der Waals surface area contributed by atoms with Crippen molar-refractivity contribution < 1.29 is 9.47 Å². The Bertz CT molecular complexity index is 598. The first kappa shape index (κ1) is 12.2. The van der Waals surface area contributed by atoms with Crippen molar-refractivity contribution in [3.63, 3.8) is 0 Å². The van der Waals surface area contributed by atoms with Gasteiger partial charge < -0.3 is 14.8 Å². The average molecular weight is 280 g/mol. The first-order valence-electron chi connectivity index (χ1n) is 6.04. The van der Waals surface area contributed by atoms with Gasteiger partial charge in [0.2, 0.25) is 0 Å². The predicted octanol–water partition coefficient (Wildman–Crippen LogP) is 2.46. The highest BCUT2D eigenvalue weighted by atomic mass is 35.5. The molecule has 6 heteroatoms. The SMILES string of the molecule is Cn1nccc1CNc1cc2c(cc1Cl)OCCO2. The van der Waals surface area contributed by atoms with E-state index in [-0.39, 0.29) is 0 Å². The summed E-state index contributed by atoms with van der Waals surface area (Å²) in [4.78, 5) is 0. The summed E-state index contributed by atoms with van der Waals surface area (Å²) in [5.74, 6) is 1.42. The third-order valence-electron chi connectivity index (χ3n) is 3.01. The lowest BCUT2D eigenvalue weighted by Crippen LogP contribution is -2.15. The van der Waals surface area contributed by atoms with Crippen LogP contribution in [0.5, 0.6) is 11.5 Å². The summed E-state index contributed by atoms with van der Waals surface area (Å²) in [6.45, 7) is 1.77. The van der Waals surface area contributed by atoms with Crippen LogP contribution in [0.3, 0.4) is 0 Å². The van der Waals surface area contributed by atoms with Crippen molar-refractivity contribution in [2.75, 3.05) is 18.5 Å². The van der Waals surface area contributed by atoms with Crippen molar-refractivity contribution in [1.29, 1.82) is 0 Å². The van der Waals surface area contributed by atoms with E-state index in [9.17, 15) is 0 Å². The van der Waals surface area contributed by atoms with Crippen LogP contribution in [0.4, 0.5) is 5.69 Å². The third-order valence-corrected chi connectivity index (χ3v) is 3.33. The highest BCUT2D eigenvalue weighted by Gasteiger charge is 2.15. The highest BCUT2D eigenvalue weighted by molar-refractivity contribution is 6.33. The molecule has 2 aromatic rings. The van der Waals surface area contributed by atoms with E-state index in [0.717, 1.165) is 17.1 Å². The molecule has 0 saturated carbocycles. The second-order valence-electron chi connectivity index (χ2n) is 4.28. The Morgan fingerprint density at radius 2 is 2.05 bits per heavy atom. The summed E-state index contributed by atoms with van der Waals surface area (Å²) in [5.41, 5.74) is 1.90. The number of nitrogens with zero attached hydrogens (tertiary/aromatic N) is 2. The van der Waals surface area contributed by atoms with E-state index in [1.807, 2.05) is 23.9 Å². The molecule has 0 spiro atoms. The molecule has 0 unspecified atom stereocenters. The number of nitrogens with one attached hydrogen (secondary N) is 1. The van der Waals surface area contributed by atoms with Gasteiger partial charge in [0.1, 0.15) is 13.2 Å². The van der Waals surface area contributed by atoms with E-state index in [0.29, 0.717) is 30.5 Å². The van der Waals surface area contributed by atoms with Crippen LogP contribution >= 0.6 is 11.6 Å². The lowest BCUT2D eigenvalue weighted by atomic mass is 10.2. The first-order chi connectivity index (χ1) is 9.24. The monoisotopic (exact) mass is 279 g/mol. The number of aromatic nitrogens is 2. The van der Waals surface area contributed by atoms with E-state index in [4.69, 9.17) is 21.1 Å². The van der Waals surface area contributed by atoms with Crippen molar-refractivity contribution in [1.82, 2.24) is 9.78 Å². The zero-order valence-electron chi connectivity index (χ0n) is 10.5.